The van der Waals surface area contributed by atoms with E-state index in [1.54, 1.807) is 20.8 Å². The first-order valence-electron chi connectivity index (χ1n) is 24.3. The maximum atomic E-state index is 15.2. The maximum Gasteiger partial charge on any atom is 0.408 e. The van der Waals surface area contributed by atoms with Crippen LogP contribution in [0.1, 0.15) is 123 Å². The molecule has 16 heteroatoms. The molecule has 1 aromatic carbocycles. The number of pyridine rings is 1. The Morgan fingerprint density at radius 1 is 1.02 bits per heavy atom. The molecule has 3 aliphatic heterocycles. The van der Waals surface area contributed by atoms with Gasteiger partial charge in [0.05, 0.1) is 22.4 Å². The number of amides is 4. The minimum atomic E-state index is -3.65. The number of para-hydroxylation sites is 1. The fourth-order valence-electron chi connectivity index (χ4n) is 10.3. The van der Waals surface area contributed by atoms with Crippen LogP contribution < -0.4 is 25.4 Å². The number of nitrogens with zero attached hydrogens (tertiary/aromatic N) is 3. The Morgan fingerprint density at radius 2 is 1.71 bits per heavy atom. The third-order valence-electron chi connectivity index (χ3n) is 15.5. The van der Waals surface area contributed by atoms with Crippen molar-refractivity contribution in [2.75, 3.05) is 32.6 Å². The van der Waals surface area contributed by atoms with Gasteiger partial charge in [0.2, 0.25) is 23.6 Å². The molecular formula is C49H70N6O9S. The van der Waals surface area contributed by atoms with Crippen molar-refractivity contribution in [3.05, 3.63) is 42.5 Å². The zero-order valence-corrected chi connectivity index (χ0v) is 39.6. The van der Waals surface area contributed by atoms with Gasteiger partial charge in [0.1, 0.15) is 47.6 Å². The Hall–Kier alpha value is -4.44. The molecule has 4 amide bonds. The SMILES string of the molecule is C=CC(C)C(C)(NC(=O)C1CC2CN1C(=O)C(C1CCCCC1)NC(=O)OC1CC1CCCCCc1c(nc3ccccc3c1OC1CCN(C)CC1)O2)C(=O)NCS(=O)(=O)C1(C)CC1. The average molecular weight is 919 g/mol. The Balaban J connectivity index is 1.15. The normalized spacial score (nSPS) is 28.4. The van der Waals surface area contributed by atoms with Gasteiger partial charge in [-0.1, -0.05) is 57.2 Å². The number of piperidine rings is 1. The van der Waals surface area contributed by atoms with Gasteiger partial charge in [0.25, 0.3) is 0 Å². The lowest BCUT2D eigenvalue weighted by Gasteiger charge is -2.37. The molecule has 2 bridgehead atoms. The van der Waals surface area contributed by atoms with E-state index in [1.165, 1.54) is 11.0 Å². The second kappa shape index (κ2) is 19.4. The van der Waals surface area contributed by atoms with Gasteiger partial charge in [-0.25, -0.2) is 18.2 Å². The summed E-state index contributed by atoms with van der Waals surface area (Å²) in [5, 5.41) is 9.44. The molecule has 15 nitrogen and oxygen atoms in total. The first-order valence-corrected chi connectivity index (χ1v) is 25.9. The van der Waals surface area contributed by atoms with Crippen molar-refractivity contribution in [2.24, 2.45) is 17.8 Å². The Labute approximate surface area is 384 Å². The van der Waals surface area contributed by atoms with E-state index in [2.05, 4.69) is 34.5 Å². The molecule has 3 N–H and O–H groups in total. The number of ether oxygens (including phenoxy) is 3. The molecule has 3 aliphatic carbocycles. The van der Waals surface area contributed by atoms with Gasteiger partial charge in [0.15, 0.2) is 9.84 Å². The van der Waals surface area contributed by atoms with Crippen LogP contribution in [0.2, 0.25) is 0 Å². The van der Waals surface area contributed by atoms with Crippen LogP contribution in [-0.2, 0) is 35.4 Å². The van der Waals surface area contributed by atoms with Crippen molar-refractivity contribution in [3.8, 4) is 11.6 Å². The molecule has 7 unspecified atom stereocenters. The number of aromatic nitrogens is 1. The van der Waals surface area contributed by atoms with Crippen LogP contribution in [0, 0.1) is 17.8 Å². The highest BCUT2D eigenvalue weighted by Crippen LogP contribution is 2.44. The van der Waals surface area contributed by atoms with Gasteiger partial charge in [-0.05, 0) is 109 Å². The number of fused-ring (bicyclic) bond motifs is 5. The van der Waals surface area contributed by atoms with Gasteiger partial charge in [-0.2, -0.15) is 0 Å². The molecule has 0 spiro atoms. The van der Waals surface area contributed by atoms with Crippen LogP contribution in [0.3, 0.4) is 0 Å². The molecule has 7 atom stereocenters. The van der Waals surface area contributed by atoms with E-state index in [4.69, 9.17) is 19.2 Å². The number of carbonyl (C=O) groups excluding carboxylic acids is 4. The van der Waals surface area contributed by atoms with E-state index < -0.39 is 73.9 Å². The lowest BCUT2D eigenvalue weighted by Crippen LogP contribution is -2.64. The summed E-state index contributed by atoms with van der Waals surface area (Å²) in [4.78, 5) is 66.7. The second-order valence-electron chi connectivity index (χ2n) is 20.3. The average Bonchev–Trinajstić information content (AvgIpc) is 4.20. The van der Waals surface area contributed by atoms with Crippen molar-refractivity contribution in [2.45, 2.75) is 164 Å². The van der Waals surface area contributed by atoms with Crippen molar-refractivity contribution in [1.29, 1.82) is 0 Å². The number of hydrogen-bond donors (Lipinski definition) is 3. The first-order chi connectivity index (χ1) is 31.1. The fourth-order valence-corrected chi connectivity index (χ4v) is 11.7. The summed E-state index contributed by atoms with van der Waals surface area (Å²) in [7, 11) is -1.52. The monoisotopic (exact) mass is 918 g/mol. The van der Waals surface area contributed by atoms with E-state index in [0.29, 0.717) is 30.7 Å². The zero-order valence-electron chi connectivity index (χ0n) is 38.8. The number of alkyl carbamates (subject to hydrolysis) is 1. The van der Waals surface area contributed by atoms with Crippen molar-refractivity contribution in [1.82, 2.24) is 30.7 Å². The summed E-state index contributed by atoms with van der Waals surface area (Å²) in [5.41, 5.74) is -0.0553. The predicted octanol–water partition coefficient (Wildman–Crippen LogP) is 5.97. The van der Waals surface area contributed by atoms with Crippen molar-refractivity contribution >= 4 is 44.6 Å². The van der Waals surface area contributed by atoms with E-state index in [-0.39, 0.29) is 37.0 Å². The van der Waals surface area contributed by atoms with Crippen LogP contribution in [-0.4, -0.2) is 120 Å². The molecule has 3 saturated carbocycles. The zero-order chi connectivity index (χ0) is 46.1. The number of benzene rings is 1. The molecule has 356 valence electrons. The van der Waals surface area contributed by atoms with Gasteiger partial charge in [-0.3, -0.25) is 14.4 Å². The van der Waals surface area contributed by atoms with Crippen LogP contribution in [0.5, 0.6) is 11.6 Å². The fraction of sp³-hybridized carbons (Fsp3) is 0.694. The third-order valence-corrected chi connectivity index (χ3v) is 17.9. The van der Waals surface area contributed by atoms with Crippen LogP contribution >= 0.6 is 0 Å². The molecule has 1 aromatic heterocycles. The Bertz CT molecular complexity index is 2220. The molecule has 0 radical (unpaired) electrons. The highest BCUT2D eigenvalue weighted by Gasteiger charge is 2.52. The molecule has 2 saturated heterocycles. The highest BCUT2D eigenvalue weighted by molar-refractivity contribution is 7.93. The third kappa shape index (κ3) is 10.4. The molecule has 5 fully saturated rings. The van der Waals surface area contributed by atoms with Crippen molar-refractivity contribution in [3.63, 3.8) is 0 Å². The number of likely N-dealkylation sites (tertiary alicyclic amines) is 1. The summed E-state index contributed by atoms with van der Waals surface area (Å²) < 4.78 is 45.2. The summed E-state index contributed by atoms with van der Waals surface area (Å²) in [6, 6.07) is 5.84. The van der Waals surface area contributed by atoms with Crippen LogP contribution in [0.25, 0.3) is 10.9 Å². The number of sulfone groups is 1. The van der Waals surface area contributed by atoms with Gasteiger partial charge in [0, 0.05) is 30.8 Å². The number of rotatable bonds is 11. The summed E-state index contributed by atoms with van der Waals surface area (Å²) in [6.07, 6.45) is 12.4. The van der Waals surface area contributed by atoms with Gasteiger partial charge >= 0.3 is 6.09 Å². The van der Waals surface area contributed by atoms with E-state index in [1.807, 2.05) is 24.3 Å². The largest absolute Gasteiger partial charge is 0.489 e. The van der Waals surface area contributed by atoms with E-state index >= 15 is 4.79 Å². The lowest BCUT2D eigenvalue weighted by molar-refractivity contribution is -0.143. The predicted molar refractivity (Wildman–Crippen MR) is 247 cm³/mol. The molecule has 8 rings (SSSR count). The van der Waals surface area contributed by atoms with Gasteiger partial charge < -0.3 is 40.0 Å². The second-order valence-corrected chi connectivity index (χ2v) is 22.8. The molecular weight excluding hydrogens is 849 g/mol. The topological polar surface area (TPSA) is 186 Å². The Kier molecular flexibility index (Phi) is 14.1. The minimum Gasteiger partial charge on any atom is -0.489 e. The molecule has 65 heavy (non-hydrogen) atoms. The van der Waals surface area contributed by atoms with E-state index in [9.17, 15) is 22.8 Å². The molecule has 6 aliphatic rings. The van der Waals surface area contributed by atoms with Crippen LogP contribution in [0.15, 0.2) is 36.9 Å². The lowest BCUT2D eigenvalue weighted by atomic mass is 9.83. The van der Waals surface area contributed by atoms with Crippen LogP contribution in [0.4, 0.5) is 4.79 Å². The highest BCUT2D eigenvalue weighted by atomic mass is 32.2. The number of nitrogens with one attached hydrogen (secondary N) is 3. The quantitative estimate of drug-likeness (QED) is 0.226. The van der Waals surface area contributed by atoms with Crippen molar-refractivity contribution < 1.29 is 41.8 Å². The summed E-state index contributed by atoms with van der Waals surface area (Å²) in [5.74, 6) is -1.65. The first kappa shape index (κ1) is 47.1. The summed E-state index contributed by atoms with van der Waals surface area (Å²) in [6.45, 7) is 10.7. The molecule has 2 aromatic rings. The smallest absolute Gasteiger partial charge is 0.408 e. The Morgan fingerprint density at radius 3 is 2.42 bits per heavy atom. The number of carbonyl (C=O) groups is 4. The number of hydrogen-bond acceptors (Lipinski definition) is 11. The van der Waals surface area contributed by atoms with Gasteiger partial charge in [-0.15, -0.1) is 6.58 Å². The minimum absolute atomic E-state index is 0.0113. The summed E-state index contributed by atoms with van der Waals surface area (Å²) >= 11 is 0. The maximum absolute atomic E-state index is 15.2. The standard InChI is InChI=1S/C49H70N6O9S/c1-6-31(2)49(4,46(58)50-30-65(60,61)48(3)23-24-48)53-43(56)39-28-35-29-55(39)45(57)41(32-15-9-7-10-16-32)52-47(59)64-40-27-33(40)17-11-8-12-19-37-42(62-34-21-25-54(5)26-22-34)36-18-13-14-20-38(36)51-44(37)63-35/h6,13-14,18,20,31-35,39-41H,1,7-12,15-17,19,21-30H2,2-5H3,(H,50,58)(H,52,59)(H,53,56). The van der Waals surface area contributed by atoms with E-state index in [0.717, 1.165) is 107 Å². The molecule has 4 heterocycles.